The second kappa shape index (κ2) is 4.04. The molecule has 0 heterocycles. The molecule has 1 aromatic rings. The van der Waals surface area contributed by atoms with E-state index in [0.717, 1.165) is 19.2 Å². The molecule has 0 saturated carbocycles. The van der Waals surface area contributed by atoms with E-state index in [1.54, 1.807) is 0 Å². The van der Waals surface area contributed by atoms with Crippen molar-refractivity contribution in [2.45, 2.75) is 6.92 Å². The highest BCUT2D eigenvalue weighted by atomic mass is 19.1. The highest BCUT2D eigenvalue weighted by Gasteiger charge is 2.26. The molecule has 0 bridgehead atoms. The van der Waals surface area contributed by atoms with Crippen LogP contribution in [-0.4, -0.2) is 17.8 Å². The van der Waals surface area contributed by atoms with Crippen LogP contribution in [-0.2, 0) is 0 Å². The maximum absolute atomic E-state index is 13.1. The van der Waals surface area contributed by atoms with E-state index >= 15 is 0 Å². The van der Waals surface area contributed by atoms with Gasteiger partial charge in [0.1, 0.15) is 0 Å². The van der Waals surface area contributed by atoms with Gasteiger partial charge in [-0.3, -0.25) is 14.9 Å². The van der Waals surface area contributed by atoms with Crippen LogP contribution >= 0.6 is 0 Å². The molecule has 0 spiro atoms. The first-order valence-corrected chi connectivity index (χ1v) is 4.00. The standard InChI is InChI=1S/C9H8FNO4/c1-5(12)6-3-4-7(10)8(11(13)14)9(6)15-2/h3-4H,1-2H3. The van der Waals surface area contributed by atoms with Crippen molar-refractivity contribution < 1.29 is 18.8 Å². The molecule has 0 aliphatic carbocycles. The largest absolute Gasteiger partial charge is 0.490 e. The molecule has 15 heavy (non-hydrogen) atoms. The molecule has 0 unspecified atom stereocenters. The molecule has 6 heteroatoms. The van der Waals surface area contributed by atoms with Gasteiger partial charge < -0.3 is 4.74 Å². The smallest absolute Gasteiger partial charge is 0.346 e. The molecule has 1 aromatic carbocycles. The van der Waals surface area contributed by atoms with Gasteiger partial charge in [-0.2, -0.15) is 4.39 Å². The van der Waals surface area contributed by atoms with Crippen molar-refractivity contribution in [3.05, 3.63) is 33.6 Å². The fourth-order valence-corrected chi connectivity index (χ4v) is 1.20. The van der Waals surface area contributed by atoms with E-state index in [-0.39, 0.29) is 11.3 Å². The first-order valence-electron chi connectivity index (χ1n) is 4.00. The summed E-state index contributed by atoms with van der Waals surface area (Å²) in [7, 11) is 1.15. The van der Waals surface area contributed by atoms with Gasteiger partial charge in [-0.1, -0.05) is 0 Å². The molecule has 1 rings (SSSR count). The molecule has 0 atom stereocenters. The summed E-state index contributed by atoms with van der Waals surface area (Å²) in [5, 5.41) is 10.6. The number of rotatable bonds is 3. The fourth-order valence-electron chi connectivity index (χ4n) is 1.20. The molecule has 0 aromatic heterocycles. The number of halogens is 1. The SMILES string of the molecule is COc1c(C(C)=O)ccc(F)c1[N+](=O)[O-]. The van der Waals surface area contributed by atoms with Crippen LogP contribution in [0.5, 0.6) is 5.75 Å². The summed E-state index contributed by atoms with van der Waals surface area (Å²) in [6, 6.07) is 2.03. The topological polar surface area (TPSA) is 69.4 Å². The maximum Gasteiger partial charge on any atom is 0.346 e. The average Bonchev–Trinajstić information content (AvgIpc) is 2.15. The number of benzene rings is 1. The molecule has 0 amide bonds. The normalized spacial score (nSPS) is 9.80. The van der Waals surface area contributed by atoms with Crippen LogP contribution in [0.2, 0.25) is 0 Å². The lowest BCUT2D eigenvalue weighted by molar-refractivity contribution is -0.388. The third-order valence-electron chi connectivity index (χ3n) is 1.85. The molecule has 0 aliphatic rings. The number of methoxy groups -OCH3 is 1. The third-order valence-corrected chi connectivity index (χ3v) is 1.85. The van der Waals surface area contributed by atoms with Gasteiger partial charge in [0.2, 0.25) is 11.6 Å². The van der Waals surface area contributed by atoms with E-state index < -0.39 is 22.2 Å². The quantitative estimate of drug-likeness (QED) is 0.437. The number of hydrogen-bond acceptors (Lipinski definition) is 4. The van der Waals surface area contributed by atoms with E-state index in [0.29, 0.717) is 0 Å². The van der Waals surface area contributed by atoms with Gasteiger partial charge in [0.15, 0.2) is 5.78 Å². The second-order valence-electron chi connectivity index (χ2n) is 2.79. The second-order valence-corrected chi connectivity index (χ2v) is 2.79. The van der Waals surface area contributed by atoms with Gasteiger partial charge in [0.05, 0.1) is 17.6 Å². The summed E-state index contributed by atoms with van der Waals surface area (Å²) in [5.74, 6) is -1.79. The Morgan fingerprint density at radius 2 is 2.13 bits per heavy atom. The molecule has 0 aliphatic heterocycles. The number of nitro benzene ring substituents is 1. The molecule has 80 valence electrons. The number of ether oxygens (including phenoxy) is 1. The summed E-state index contributed by atoms with van der Waals surface area (Å²) < 4.78 is 17.8. The molecule has 0 N–H and O–H groups in total. The summed E-state index contributed by atoms with van der Waals surface area (Å²) in [6.07, 6.45) is 0. The first-order chi connectivity index (χ1) is 6.99. The Labute approximate surface area is 84.6 Å². The highest BCUT2D eigenvalue weighted by Crippen LogP contribution is 2.33. The number of carbonyl (C=O) groups is 1. The first kappa shape index (κ1) is 11.1. The Morgan fingerprint density at radius 1 is 1.53 bits per heavy atom. The molecular formula is C9H8FNO4. The fraction of sp³-hybridized carbons (Fsp3) is 0.222. The summed E-state index contributed by atoms with van der Waals surface area (Å²) >= 11 is 0. The maximum atomic E-state index is 13.1. The minimum absolute atomic E-state index is 0.00870. The number of nitrogens with zero attached hydrogens (tertiary/aromatic N) is 1. The van der Waals surface area contributed by atoms with Crippen LogP contribution in [0.3, 0.4) is 0 Å². The van der Waals surface area contributed by atoms with Crippen LogP contribution in [0.15, 0.2) is 12.1 Å². The van der Waals surface area contributed by atoms with Gasteiger partial charge in [-0.15, -0.1) is 0 Å². The lowest BCUT2D eigenvalue weighted by Crippen LogP contribution is -2.03. The monoisotopic (exact) mass is 213 g/mol. The lowest BCUT2D eigenvalue weighted by atomic mass is 10.1. The van der Waals surface area contributed by atoms with Gasteiger partial charge in [0, 0.05) is 0 Å². The van der Waals surface area contributed by atoms with Crippen molar-refractivity contribution in [1.29, 1.82) is 0 Å². The van der Waals surface area contributed by atoms with Crippen molar-refractivity contribution in [2.75, 3.05) is 7.11 Å². The number of nitro groups is 1. The average molecular weight is 213 g/mol. The summed E-state index contributed by atoms with van der Waals surface area (Å²) in [5.41, 5.74) is -0.823. The van der Waals surface area contributed by atoms with E-state index in [4.69, 9.17) is 0 Å². The molecule has 0 radical (unpaired) electrons. The zero-order valence-electron chi connectivity index (χ0n) is 8.11. The van der Waals surface area contributed by atoms with E-state index in [2.05, 4.69) is 4.74 Å². The van der Waals surface area contributed by atoms with Crippen molar-refractivity contribution in [1.82, 2.24) is 0 Å². The van der Waals surface area contributed by atoms with Gasteiger partial charge >= 0.3 is 5.69 Å². The van der Waals surface area contributed by atoms with Crippen LogP contribution < -0.4 is 4.74 Å². The van der Waals surface area contributed by atoms with Gasteiger partial charge in [0.25, 0.3) is 0 Å². The lowest BCUT2D eigenvalue weighted by Gasteiger charge is -2.06. The molecule has 5 nitrogen and oxygen atoms in total. The van der Waals surface area contributed by atoms with Crippen molar-refractivity contribution in [3.63, 3.8) is 0 Å². The number of hydrogen-bond donors (Lipinski definition) is 0. The van der Waals surface area contributed by atoms with Crippen LogP contribution in [0.4, 0.5) is 10.1 Å². The predicted octanol–water partition coefficient (Wildman–Crippen LogP) is 1.95. The Bertz CT molecular complexity index is 430. The van der Waals surface area contributed by atoms with E-state index in [9.17, 15) is 19.3 Å². The summed E-state index contributed by atoms with van der Waals surface area (Å²) in [4.78, 5) is 20.7. The van der Waals surface area contributed by atoms with Crippen molar-refractivity contribution in [3.8, 4) is 5.75 Å². The number of Topliss-reactive ketones (excluding diaryl/α,β-unsaturated/α-hetero) is 1. The zero-order valence-corrected chi connectivity index (χ0v) is 8.11. The van der Waals surface area contributed by atoms with Crippen LogP contribution in [0, 0.1) is 15.9 Å². The molecule has 0 saturated heterocycles. The van der Waals surface area contributed by atoms with Crippen LogP contribution in [0.25, 0.3) is 0 Å². The van der Waals surface area contributed by atoms with Crippen molar-refractivity contribution >= 4 is 11.5 Å². The Kier molecular flexibility index (Phi) is 2.99. The third kappa shape index (κ3) is 1.93. The Hall–Kier alpha value is -1.98. The minimum Gasteiger partial charge on any atom is -0.490 e. The van der Waals surface area contributed by atoms with E-state index in [1.807, 2.05) is 0 Å². The predicted molar refractivity (Wildman–Crippen MR) is 49.6 cm³/mol. The molecular weight excluding hydrogens is 205 g/mol. The van der Waals surface area contributed by atoms with Gasteiger partial charge in [-0.25, -0.2) is 0 Å². The Morgan fingerprint density at radius 3 is 2.53 bits per heavy atom. The van der Waals surface area contributed by atoms with Crippen LogP contribution in [0.1, 0.15) is 17.3 Å². The zero-order chi connectivity index (χ0) is 11.6. The van der Waals surface area contributed by atoms with E-state index in [1.165, 1.54) is 6.92 Å². The highest BCUT2D eigenvalue weighted by molar-refractivity contribution is 5.98. The van der Waals surface area contributed by atoms with Crippen molar-refractivity contribution in [2.24, 2.45) is 0 Å². The summed E-state index contributed by atoms with van der Waals surface area (Å²) in [6.45, 7) is 1.22. The number of carbonyl (C=O) groups excluding carboxylic acids is 1. The molecule has 0 fully saturated rings. The van der Waals surface area contributed by atoms with Gasteiger partial charge in [-0.05, 0) is 19.1 Å². The number of ketones is 1. The minimum atomic E-state index is -1.03. The Balaban J connectivity index is 3.54.